The second-order valence-corrected chi connectivity index (χ2v) is 8.98. The molecule has 30 heavy (non-hydrogen) atoms. The van der Waals surface area contributed by atoms with Crippen LogP contribution in [0.2, 0.25) is 0 Å². The van der Waals surface area contributed by atoms with E-state index >= 15 is 0 Å². The maximum atomic E-state index is 13.5. The van der Waals surface area contributed by atoms with Crippen molar-refractivity contribution in [2.24, 2.45) is 0 Å². The van der Waals surface area contributed by atoms with Crippen molar-refractivity contribution in [2.45, 2.75) is 30.2 Å². The van der Waals surface area contributed by atoms with Crippen molar-refractivity contribution >= 4 is 15.5 Å². The Morgan fingerprint density at radius 1 is 0.900 bits per heavy atom. The van der Waals surface area contributed by atoms with Gasteiger partial charge in [0.25, 0.3) is 0 Å². The molecular formula is C23H22N4O2S. The third-order valence-corrected chi connectivity index (χ3v) is 6.68. The third-order valence-electron chi connectivity index (χ3n) is 5.00. The first kappa shape index (κ1) is 19.8. The number of benzene rings is 3. The standard InChI is InChI=1S/C23H22N4O2S/c1-3-17-6-14-21(15-7-17)30(28,29)23-22(18-8-4-16(2)5-9-18)27(26-25-23)20-12-10-19(24)11-13-20/h4-15H,3,24H2,1-2H3. The summed E-state index contributed by atoms with van der Waals surface area (Å²) in [6.45, 7) is 4.00. The van der Waals surface area contributed by atoms with Gasteiger partial charge in [-0.2, -0.15) is 0 Å². The maximum Gasteiger partial charge on any atom is 0.227 e. The summed E-state index contributed by atoms with van der Waals surface area (Å²) in [5, 5.41) is 8.21. The molecule has 0 radical (unpaired) electrons. The van der Waals surface area contributed by atoms with E-state index in [2.05, 4.69) is 10.3 Å². The van der Waals surface area contributed by atoms with Gasteiger partial charge in [-0.25, -0.2) is 13.1 Å². The molecule has 4 aromatic rings. The predicted octanol–water partition coefficient (Wildman–Crippen LogP) is 4.22. The summed E-state index contributed by atoms with van der Waals surface area (Å²) < 4.78 is 28.5. The van der Waals surface area contributed by atoms with E-state index in [0.717, 1.165) is 17.5 Å². The molecule has 1 heterocycles. The zero-order chi connectivity index (χ0) is 21.3. The van der Waals surface area contributed by atoms with Crippen molar-refractivity contribution in [3.63, 3.8) is 0 Å². The summed E-state index contributed by atoms with van der Waals surface area (Å²) in [4.78, 5) is 0.192. The zero-order valence-corrected chi connectivity index (χ0v) is 17.6. The number of anilines is 1. The zero-order valence-electron chi connectivity index (χ0n) is 16.8. The van der Waals surface area contributed by atoms with Crippen LogP contribution < -0.4 is 5.73 Å². The largest absolute Gasteiger partial charge is 0.399 e. The molecule has 0 fully saturated rings. The quantitative estimate of drug-likeness (QED) is 0.490. The molecule has 0 unspecified atom stereocenters. The molecule has 152 valence electrons. The normalized spacial score (nSPS) is 11.5. The van der Waals surface area contributed by atoms with Crippen molar-refractivity contribution in [1.82, 2.24) is 15.0 Å². The molecule has 1 aromatic heterocycles. The fourth-order valence-electron chi connectivity index (χ4n) is 3.22. The van der Waals surface area contributed by atoms with Crippen LogP contribution >= 0.6 is 0 Å². The average Bonchev–Trinajstić information content (AvgIpc) is 3.21. The van der Waals surface area contributed by atoms with Crippen LogP contribution in [0.5, 0.6) is 0 Å². The Morgan fingerprint density at radius 2 is 1.53 bits per heavy atom. The van der Waals surface area contributed by atoms with Gasteiger partial charge >= 0.3 is 0 Å². The van der Waals surface area contributed by atoms with Gasteiger partial charge in [-0.05, 0) is 55.3 Å². The second-order valence-electron chi connectivity index (χ2n) is 7.11. The summed E-state index contributed by atoms with van der Waals surface area (Å²) in [7, 11) is -3.87. The van der Waals surface area contributed by atoms with E-state index in [4.69, 9.17) is 5.73 Å². The minimum atomic E-state index is -3.87. The number of aromatic nitrogens is 3. The van der Waals surface area contributed by atoms with Gasteiger partial charge in [0.05, 0.1) is 10.6 Å². The molecule has 0 saturated heterocycles. The molecule has 0 bridgehead atoms. The van der Waals surface area contributed by atoms with Gasteiger partial charge in [-0.15, -0.1) is 5.10 Å². The summed E-state index contributed by atoms with van der Waals surface area (Å²) in [5.74, 6) is 0. The highest BCUT2D eigenvalue weighted by Gasteiger charge is 2.29. The van der Waals surface area contributed by atoms with Crippen LogP contribution in [0.1, 0.15) is 18.1 Å². The first-order valence-electron chi connectivity index (χ1n) is 9.63. The lowest BCUT2D eigenvalue weighted by Gasteiger charge is -2.10. The SMILES string of the molecule is CCc1ccc(S(=O)(=O)c2nnn(-c3ccc(N)cc3)c2-c2ccc(C)cc2)cc1. The van der Waals surface area contributed by atoms with Crippen LogP contribution in [0.3, 0.4) is 0 Å². The summed E-state index contributed by atoms with van der Waals surface area (Å²) in [6.07, 6.45) is 0.836. The molecular weight excluding hydrogens is 396 g/mol. The van der Waals surface area contributed by atoms with Gasteiger partial charge in [0, 0.05) is 11.3 Å². The van der Waals surface area contributed by atoms with E-state index in [1.54, 1.807) is 36.4 Å². The monoisotopic (exact) mass is 418 g/mol. The topological polar surface area (TPSA) is 90.9 Å². The summed E-state index contributed by atoms with van der Waals surface area (Å²) in [5.41, 5.74) is 10.4. The molecule has 2 N–H and O–H groups in total. The Bertz CT molecular complexity index is 1270. The highest BCUT2D eigenvalue weighted by molar-refractivity contribution is 7.91. The fourth-order valence-corrected chi connectivity index (χ4v) is 4.54. The van der Waals surface area contributed by atoms with E-state index in [1.165, 1.54) is 4.68 Å². The van der Waals surface area contributed by atoms with E-state index in [9.17, 15) is 8.42 Å². The number of hydrogen-bond acceptors (Lipinski definition) is 5. The number of hydrogen-bond donors (Lipinski definition) is 1. The molecule has 4 rings (SSSR count). The molecule has 6 nitrogen and oxygen atoms in total. The lowest BCUT2D eigenvalue weighted by atomic mass is 10.1. The van der Waals surface area contributed by atoms with Gasteiger partial charge in [-0.1, -0.05) is 54.1 Å². The molecule has 0 spiro atoms. The van der Waals surface area contributed by atoms with Crippen molar-refractivity contribution in [1.29, 1.82) is 0 Å². The van der Waals surface area contributed by atoms with Crippen molar-refractivity contribution < 1.29 is 8.42 Å². The van der Waals surface area contributed by atoms with Crippen LogP contribution in [0, 0.1) is 6.92 Å². The molecule has 0 aliphatic carbocycles. The van der Waals surface area contributed by atoms with Gasteiger partial charge in [-0.3, -0.25) is 0 Å². The van der Waals surface area contributed by atoms with Crippen molar-refractivity contribution in [3.8, 4) is 16.9 Å². The Balaban J connectivity index is 1.93. The van der Waals surface area contributed by atoms with Crippen LogP contribution in [0.15, 0.2) is 82.7 Å². The van der Waals surface area contributed by atoms with E-state index in [-0.39, 0.29) is 9.92 Å². The Morgan fingerprint density at radius 3 is 2.13 bits per heavy atom. The Labute approximate surface area is 175 Å². The summed E-state index contributed by atoms with van der Waals surface area (Å²) in [6, 6.07) is 21.6. The van der Waals surface area contributed by atoms with E-state index in [0.29, 0.717) is 22.6 Å². The highest BCUT2D eigenvalue weighted by Crippen LogP contribution is 2.32. The van der Waals surface area contributed by atoms with Crippen LogP contribution in [-0.4, -0.2) is 23.4 Å². The van der Waals surface area contributed by atoms with Gasteiger partial charge < -0.3 is 5.73 Å². The molecule has 0 atom stereocenters. The fraction of sp³-hybridized carbons (Fsp3) is 0.130. The maximum absolute atomic E-state index is 13.5. The predicted molar refractivity (Wildman–Crippen MR) is 117 cm³/mol. The molecule has 0 aliphatic rings. The minimum Gasteiger partial charge on any atom is -0.399 e. The van der Waals surface area contributed by atoms with Gasteiger partial charge in [0.1, 0.15) is 5.69 Å². The Hall–Kier alpha value is -3.45. The molecule has 7 heteroatoms. The Kier molecular flexibility index (Phi) is 5.13. The summed E-state index contributed by atoms with van der Waals surface area (Å²) >= 11 is 0. The minimum absolute atomic E-state index is 0.0765. The van der Waals surface area contributed by atoms with Gasteiger partial charge in [0.2, 0.25) is 14.9 Å². The number of nitrogen functional groups attached to an aromatic ring is 1. The highest BCUT2D eigenvalue weighted by atomic mass is 32.2. The second kappa shape index (κ2) is 7.76. The van der Waals surface area contributed by atoms with Crippen LogP contribution in [0.4, 0.5) is 5.69 Å². The molecule has 0 aliphatic heterocycles. The lowest BCUT2D eigenvalue weighted by Crippen LogP contribution is -2.06. The lowest BCUT2D eigenvalue weighted by molar-refractivity contribution is 0.592. The van der Waals surface area contributed by atoms with E-state index < -0.39 is 9.84 Å². The third kappa shape index (κ3) is 3.59. The first-order valence-corrected chi connectivity index (χ1v) is 11.1. The smallest absolute Gasteiger partial charge is 0.227 e. The molecule has 0 amide bonds. The van der Waals surface area contributed by atoms with Crippen molar-refractivity contribution in [2.75, 3.05) is 5.73 Å². The van der Waals surface area contributed by atoms with E-state index in [1.807, 2.05) is 50.2 Å². The number of aryl methyl sites for hydroxylation is 2. The average molecular weight is 419 g/mol. The number of nitrogens with zero attached hydrogens (tertiary/aromatic N) is 3. The van der Waals surface area contributed by atoms with Crippen LogP contribution in [0.25, 0.3) is 16.9 Å². The van der Waals surface area contributed by atoms with Crippen molar-refractivity contribution in [3.05, 3.63) is 83.9 Å². The van der Waals surface area contributed by atoms with Crippen LogP contribution in [-0.2, 0) is 16.3 Å². The molecule has 0 saturated carbocycles. The first-order chi connectivity index (χ1) is 14.4. The number of sulfone groups is 1. The van der Waals surface area contributed by atoms with Gasteiger partial charge in [0.15, 0.2) is 0 Å². The molecule has 3 aromatic carbocycles. The number of nitrogens with two attached hydrogens (primary N) is 1. The number of rotatable bonds is 5.